The Morgan fingerprint density at radius 2 is 1.70 bits per heavy atom. The predicted octanol–water partition coefficient (Wildman–Crippen LogP) is 6.32. The molecule has 0 aliphatic carbocycles. The average Bonchev–Trinajstić information content (AvgIpc) is 3.22. The molecule has 0 spiro atoms. The van der Waals surface area contributed by atoms with E-state index in [1.165, 1.54) is 0 Å². The molecule has 1 aromatic heterocycles. The van der Waals surface area contributed by atoms with Gasteiger partial charge in [0.25, 0.3) is 11.9 Å². The molecule has 166 valence electrons. The van der Waals surface area contributed by atoms with Crippen molar-refractivity contribution in [2.45, 2.75) is 6.04 Å². The highest BCUT2D eigenvalue weighted by Gasteiger charge is 2.26. The van der Waals surface area contributed by atoms with E-state index < -0.39 is 0 Å². The summed E-state index contributed by atoms with van der Waals surface area (Å²) < 4.78 is 1.74. The summed E-state index contributed by atoms with van der Waals surface area (Å²) in [6.45, 7) is 0. The van der Waals surface area contributed by atoms with Crippen molar-refractivity contribution in [2.24, 2.45) is 0 Å². The normalized spacial score (nSPS) is 14.4. The third kappa shape index (κ3) is 4.88. The van der Waals surface area contributed by atoms with Crippen LogP contribution in [-0.2, 0) is 0 Å². The van der Waals surface area contributed by atoms with Gasteiger partial charge in [-0.05, 0) is 47.5 Å². The predicted molar refractivity (Wildman–Crippen MR) is 134 cm³/mol. The number of allylic oxidation sites excluding steroid dienone is 1. The van der Waals surface area contributed by atoms with E-state index in [2.05, 4.69) is 26.8 Å². The van der Waals surface area contributed by atoms with Crippen LogP contribution in [0, 0.1) is 0 Å². The van der Waals surface area contributed by atoms with Crippen molar-refractivity contribution < 1.29 is 4.79 Å². The van der Waals surface area contributed by atoms with E-state index >= 15 is 0 Å². The van der Waals surface area contributed by atoms with Crippen LogP contribution in [0.2, 0.25) is 10.0 Å². The lowest BCUT2D eigenvalue weighted by Gasteiger charge is -2.24. The van der Waals surface area contributed by atoms with Crippen molar-refractivity contribution in [1.82, 2.24) is 14.8 Å². The van der Waals surface area contributed by atoms with Crippen LogP contribution >= 0.6 is 35.6 Å². The molecule has 1 aliphatic rings. The minimum absolute atomic E-state index is 0. The molecule has 4 aromatic rings. The van der Waals surface area contributed by atoms with Crippen molar-refractivity contribution >= 4 is 59.1 Å². The second-order valence-electron chi connectivity index (χ2n) is 7.24. The second-order valence-corrected chi connectivity index (χ2v) is 8.11. The van der Waals surface area contributed by atoms with Gasteiger partial charge in [0.1, 0.15) is 6.04 Å². The molecule has 5 rings (SSSR count). The Morgan fingerprint density at radius 3 is 2.42 bits per heavy atom. The van der Waals surface area contributed by atoms with E-state index in [-0.39, 0.29) is 30.3 Å². The van der Waals surface area contributed by atoms with Gasteiger partial charge in [0, 0.05) is 21.3 Å². The third-order valence-corrected chi connectivity index (χ3v) is 5.56. The number of nitrogens with one attached hydrogen (secondary N) is 2. The van der Waals surface area contributed by atoms with Gasteiger partial charge >= 0.3 is 0 Å². The monoisotopic (exact) mass is 497 g/mol. The molecule has 2 heterocycles. The van der Waals surface area contributed by atoms with Crippen molar-refractivity contribution in [2.75, 3.05) is 10.6 Å². The summed E-state index contributed by atoms with van der Waals surface area (Å²) in [5.41, 5.74) is 3.34. The first-order valence-corrected chi connectivity index (χ1v) is 10.7. The van der Waals surface area contributed by atoms with Gasteiger partial charge in [0.05, 0.1) is 0 Å². The fourth-order valence-electron chi connectivity index (χ4n) is 3.53. The molecule has 1 amide bonds. The molecule has 0 radical (unpaired) electrons. The Labute approximate surface area is 206 Å². The van der Waals surface area contributed by atoms with E-state index in [9.17, 15) is 4.79 Å². The molecule has 3 aromatic carbocycles. The van der Waals surface area contributed by atoms with Gasteiger partial charge in [-0.15, -0.1) is 17.5 Å². The zero-order valence-corrected chi connectivity index (χ0v) is 19.4. The second kappa shape index (κ2) is 9.67. The van der Waals surface area contributed by atoms with Crippen LogP contribution < -0.4 is 10.6 Å². The summed E-state index contributed by atoms with van der Waals surface area (Å²) in [6.07, 6.45) is 2.07. The summed E-state index contributed by atoms with van der Waals surface area (Å²) >= 11 is 12.1. The van der Waals surface area contributed by atoms with E-state index in [1.807, 2.05) is 54.6 Å². The smallest absolute Gasteiger partial charge is 0.258 e. The van der Waals surface area contributed by atoms with Crippen LogP contribution in [0.1, 0.15) is 27.5 Å². The van der Waals surface area contributed by atoms with E-state index in [4.69, 9.17) is 23.2 Å². The number of halogens is 3. The number of carbonyl (C=O) groups is 1. The number of aromatic nitrogens is 3. The standard InChI is InChI=1S/C24H17Cl2N5O.ClH/c25-18-11-9-16(10-12-18)21-14-20(15-5-2-1-3-6-15)27-24-29-23(30-31(21)24)28-22(32)17-7-4-8-19(26)13-17;/h1-14,21H,(H2,27,28,29,30,32);1H. The largest absolute Gasteiger partial charge is 0.324 e. The molecule has 33 heavy (non-hydrogen) atoms. The summed E-state index contributed by atoms with van der Waals surface area (Å²) in [5.74, 6) is 0.376. The molecule has 9 heteroatoms. The topological polar surface area (TPSA) is 71.8 Å². The average molecular weight is 499 g/mol. The maximum absolute atomic E-state index is 12.6. The number of rotatable bonds is 4. The number of anilines is 2. The zero-order chi connectivity index (χ0) is 22.1. The number of carbonyl (C=O) groups excluding carboxylic acids is 1. The van der Waals surface area contributed by atoms with Gasteiger partial charge in [0.15, 0.2) is 0 Å². The number of hydrogen-bond donors (Lipinski definition) is 2. The minimum Gasteiger partial charge on any atom is -0.324 e. The van der Waals surface area contributed by atoms with Gasteiger partial charge in [-0.2, -0.15) is 4.98 Å². The molecule has 6 nitrogen and oxygen atoms in total. The number of amides is 1. The Morgan fingerprint density at radius 1 is 0.939 bits per heavy atom. The summed E-state index contributed by atoms with van der Waals surface area (Å²) in [5, 5.41) is 11.8. The van der Waals surface area contributed by atoms with Crippen molar-refractivity contribution in [3.63, 3.8) is 0 Å². The van der Waals surface area contributed by atoms with Gasteiger partial charge in [-0.1, -0.05) is 71.7 Å². The van der Waals surface area contributed by atoms with Crippen LogP contribution in [0.4, 0.5) is 11.9 Å². The molecule has 0 saturated heterocycles. The van der Waals surface area contributed by atoms with Crippen LogP contribution in [0.25, 0.3) is 5.70 Å². The van der Waals surface area contributed by atoms with E-state index in [0.717, 1.165) is 16.8 Å². The Bertz CT molecular complexity index is 1320. The van der Waals surface area contributed by atoms with Gasteiger partial charge < -0.3 is 5.32 Å². The quantitative estimate of drug-likeness (QED) is 0.346. The highest BCUT2D eigenvalue weighted by atomic mass is 35.5. The molecule has 0 saturated carbocycles. The lowest BCUT2D eigenvalue weighted by Crippen LogP contribution is -2.20. The Kier molecular flexibility index (Phi) is 6.70. The molecule has 0 bridgehead atoms. The Hall–Kier alpha value is -3.32. The lowest BCUT2D eigenvalue weighted by molar-refractivity contribution is 0.102. The molecule has 1 atom stereocenters. The third-order valence-electron chi connectivity index (χ3n) is 5.07. The first-order valence-electron chi connectivity index (χ1n) is 9.90. The molecule has 1 unspecified atom stereocenters. The SMILES string of the molecule is Cl.O=C(Nc1nc2n(n1)C(c1ccc(Cl)cc1)C=C(c1ccccc1)N2)c1cccc(Cl)c1. The Balaban J connectivity index is 0.00000259. The number of fused-ring (bicyclic) bond motifs is 1. The van der Waals surface area contributed by atoms with Crippen molar-refractivity contribution in [1.29, 1.82) is 0 Å². The lowest BCUT2D eigenvalue weighted by atomic mass is 10.0. The van der Waals surface area contributed by atoms with E-state index in [1.54, 1.807) is 28.9 Å². The molecule has 1 aliphatic heterocycles. The van der Waals surface area contributed by atoms with Gasteiger partial charge in [-0.25, -0.2) is 4.68 Å². The molecular formula is C24H18Cl3N5O. The molecular weight excluding hydrogens is 481 g/mol. The highest BCUT2D eigenvalue weighted by molar-refractivity contribution is 6.31. The zero-order valence-electron chi connectivity index (χ0n) is 17.1. The number of nitrogens with zero attached hydrogens (tertiary/aromatic N) is 3. The number of hydrogen-bond acceptors (Lipinski definition) is 4. The van der Waals surface area contributed by atoms with Crippen LogP contribution in [0.3, 0.4) is 0 Å². The number of benzene rings is 3. The van der Waals surface area contributed by atoms with E-state index in [0.29, 0.717) is 21.6 Å². The van der Waals surface area contributed by atoms with Crippen LogP contribution in [0.15, 0.2) is 84.9 Å². The van der Waals surface area contributed by atoms with Gasteiger partial charge in [-0.3, -0.25) is 10.1 Å². The molecule has 0 fully saturated rings. The van der Waals surface area contributed by atoms with Crippen LogP contribution in [-0.4, -0.2) is 20.7 Å². The highest BCUT2D eigenvalue weighted by Crippen LogP contribution is 2.33. The minimum atomic E-state index is -0.338. The van der Waals surface area contributed by atoms with Gasteiger partial charge in [0.2, 0.25) is 5.95 Å². The maximum Gasteiger partial charge on any atom is 0.258 e. The van der Waals surface area contributed by atoms with Crippen LogP contribution in [0.5, 0.6) is 0 Å². The fraction of sp³-hybridized carbons (Fsp3) is 0.0417. The summed E-state index contributed by atoms with van der Waals surface area (Å²) in [4.78, 5) is 17.2. The van der Waals surface area contributed by atoms with Crippen molar-refractivity contribution in [3.05, 3.63) is 112 Å². The fourth-order valence-corrected chi connectivity index (χ4v) is 3.85. The molecule has 2 N–H and O–H groups in total. The first kappa shape index (κ1) is 22.9. The first-order chi connectivity index (χ1) is 15.6. The summed E-state index contributed by atoms with van der Waals surface area (Å²) in [6, 6.07) is 24.0. The summed E-state index contributed by atoms with van der Waals surface area (Å²) in [7, 11) is 0. The maximum atomic E-state index is 12.6. The van der Waals surface area contributed by atoms with Crippen molar-refractivity contribution in [3.8, 4) is 0 Å².